The summed E-state index contributed by atoms with van der Waals surface area (Å²) in [6, 6.07) is 11.4. The minimum absolute atomic E-state index is 0.0452. The summed E-state index contributed by atoms with van der Waals surface area (Å²) in [5, 5.41) is 10.4. The smallest absolute Gasteiger partial charge is 0.410 e. The molecule has 1 N–H and O–H groups in total. The van der Waals surface area contributed by atoms with Crippen LogP contribution in [-0.2, 0) is 11.8 Å². The Hall–Kier alpha value is -2.60. The summed E-state index contributed by atoms with van der Waals surface area (Å²) in [6.45, 7) is 6.19. The second-order valence-corrected chi connectivity index (χ2v) is 9.80. The monoisotopic (exact) mass is 424 g/mol. The Balaban J connectivity index is 1.48. The molecule has 1 aromatic carbocycles. The lowest BCUT2D eigenvalue weighted by atomic mass is 9.81. The van der Waals surface area contributed by atoms with E-state index in [1.54, 1.807) is 42.6 Å². The highest BCUT2D eigenvalue weighted by Gasteiger charge is 2.53. The van der Waals surface area contributed by atoms with Crippen LogP contribution < -0.4 is 5.56 Å². The molecule has 1 saturated carbocycles. The molecule has 0 bridgehead atoms. The van der Waals surface area contributed by atoms with Crippen LogP contribution in [-0.4, -0.2) is 38.4 Å². The molecular formula is C25H32N2O4. The molecule has 0 radical (unpaired) electrons. The highest BCUT2D eigenvalue weighted by molar-refractivity contribution is 5.70. The van der Waals surface area contributed by atoms with Crippen molar-refractivity contribution in [2.24, 2.45) is 13.0 Å². The molecule has 166 valence electrons. The third kappa shape index (κ3) is 4.54. The highest BCUT2D eigenvalue weighted by Crippen LogP contribution is 2.50. The summed E-state index contributed by atoms with van der Waals surface area (Å²) < 4.78 is 7.58. The molecule has 1 aliphatic carbocycles. The summed E-state index contributed by atoms with van der Waals surface area (Å²) >= 11 is 0. The molecule has 2 aromatic rings. The third-order valence-electron chi connectivity index (χ3n) is 6.65. The molecule has 0 spiro atoms. The molecule has 6 heteroatoms. The number of ether oxygens (including phenoxy) is 1. The maximum Gasteiger partial charge on any atom is 0.410 e. The van der Waals surface area contributed by atoms with Crippen molar-refractivity contribution >= 4 is 6.09 Å². The number of rotatable bonds is 6. The number of carbonyl (C=O) groups is 1. The molecule has 31 heavy (non-hydrogen) atoms. The average Bonchev–Trinajstić information content (AvgIpc) is 3.54. The molecular weight excluding hydrogens is 392 g/mol. The van der Waals surface area contributed by atoms with Gasteiger partial charge in [0, 0.05) is 38.7 Å². The van der Waals surface area contributed by atoms with E-state index in [-0.39, 0.29) is 17.7 Å². The molecule has 1 saturated heterocycles. The van der Waals surface area contributed by atoms with E-state index in [9.17, 15) is 14.7 Å². The lowest BCUT2D eigenvalue weighted by Crippen LogP contribution is -2.54. The second kappa shape index (κ2) is 7.83. The maximum absolute atomic E-state index is 13.0. The third-order valence-corrected chi connectivity index (χ3v) is 6.65. The van der Waals surface area contributed by atoms with Gasteiger partial charge in [-0.2, -0.15) is 0 Å². The first-order valence-electron chi connectivity index (χ1n) is 11.1. The van der Waals surface area contributed by atoms with Crippen LogP contribution in [0.3, 0.4) is 0 Å². The molecule has 2 aliphatic rings. The van der Waals surface area contributed by atoms with E-state index in [4.69, 9.17) is 4.74 Å². The summed E-state index contributed by atoms with van der Waals surface area (Å²) in [6.07, 6.45) is 4.79. The fourth-order valence-electron chi connectivity index (χ4n) is 4.80. The highest BCUT2D eigenvalue weighted by atomic mass is 16.6. The number of nitrogens with zero attached hydrogens (tertiary/aromatic N) is 2. The Morgan fingerprint density at radius 3 is 2.39 bits per heavy atom. The van der Waals surface area contributed by atoms with E-state index >= 15 is 0 Å². The van der Waals surface area contributed by atoms with Gasteiger partial charge in [0.05, 0.1) is 11.6 Å². The van der Waals surface area contributed by atoms with E-state index < -0.39 is 11.2 Å². The van der Waals surface area contributed by atoms with Gasteiger partial charge in [-0.3, -0.25) is 4.79 Å². The van der Waals surface area contributed by atoms with Crippen LogP contribution in [0.4, 0.5) is 4.79 Å². The number of cyclic esters (lactones) is 1. The standard InChI is InChI=1S/C25H32N2O4/c1-17(18-5-7-19(8-6-18)20-11-13-26(4)22(28)15-20)27-14-12-25(21-9-10-21,31-23(27)29)16-24(2,3)30/h5-8,11,13,15,17,21,30H,9-10,12,14,16H2,1-4H3/t17?,25-/m0/s1. The van der Waals surface area contributed by atoms with Crippen molar-refractivity contribution in [3.8, 4) is 11.1 Å². The Kier molecular flexibility index (Phi) is 5.46. The van der Waals surface area contributed by atoms with Crippen LogP contribution in [0.5, 0.6) is 0 Å². The zero-order valence-corrected chi connectivity index (χ0v) is 18.8. The largest absolute Gasteiger partial charge is 0.442 e. The summed E-state index contributed by atoms with van der Waals surface area (Å²) in [7, 11) is 1.73. The Labute approximate surface area is 183 Å². The van der Waals surface area contributed by atoms with E-state index in [2.05, 4.69) is 0 Å². The number of pyridine rings is 1. The molecule has 1 aliphatic heterocycles. The van der Waals surface area contributed by atoms with Gasteiger partial charge in [0.2, 0.25) is 0 Å². The van der Waals surface area contributed by atoms with Crippen LogP contribution in [0.15, 0.2) is 47.4 Å². The van der Waals surface area contributed by atoms with E-state index in [0.717, 1.165) is 36.0 Å². The van der Waals surface area contributed by atoms with Gasteiger partial charge in [-0.25, -0.2) is 4.79 Å². The fraction of sp³-hybridized carbons (Fsp3) is 0.520. The topological polar surface area (TPSA) is 71.8 Å². The zero-order valence-electron chi connectivity index (χ0n) is 18.8. The average molecular weight is 425 g/mol. The molecule has 6 nitrogen and oxygen atoms in total. The lowest BCUT2D eigenvalue weighted by molar-refractivity contribution is -0.108. The van der Waals surface area contributed by atoms with Crippen molar-refractivity contribution in [2.75, 3.05) is 6.54 Å². The Bertz CT molecular complexity index is 1020. The number of hydrogen-bond donors (Lipinski definition) is 1. The van der Waals surface area contributed by atoms with Crippen LogP contribution >= 0.6 is 0 Å². The first-order valence-corrected chi connectivity index (χ1v) is 11.1. The number of hydrogen-bond acceptors (Lipinski definition) is 4. The number of aryl methyl sites for hydroxylation is 1. The molecule has 2 atom stereocenters. The van der Waals surface area contributed by atoms with Gasteiger partial charge in [-0.15, -0.1) is 0 Å². The van der Waals surface area contributed by atoms with Crippen molar-refractivity contribution < 1.29 is 14.6 Å². The van der Waals surface area contributed by atoms with Gasteiger partial charge in [-0.1, -0.05) is 24.3 Å². The Morgan fingerprint density at radius 2 is 1.84 bits per heavy atom. The zero-order chi connectivity index (χ0) is 22.4. The van der Waals surface area contributed by atoms with E-state index in [1.807, 2.05) is 37.3 Å². The maximum atomic E-state index is 13.0. The summed E-state index contributed by atoms with van der Waals surface area (Å²) in [5.41, 5.74) is 1.40. The quantitative estimate of drug-likeness (QED) is 0.752. The van der Waals surface area contributed by atoms with Crippen molar-refractivity contribution in [1.29, 1.82) is 0 Å². The first-order chi connectivity index (χ1) is 14.6. The minimum Gasteiger partial charge on any atom is -0.442 e. The van der Waals surface area contributed by atoms with Crippen LogP contribution in [0.1, 0.15) is 58.1 Å². The summed E-state index contributed by atoms with van der Waals surface area (Å²) in [4.78, 5) is 26.7. The predicted octanol–water partition coefficient (Wildman–Crippen LogP) is 4.27. The van der Waals surface area contributed by atoms with Gasteiger partial charge in [-0.05, 0) is 62.3 Å². The van der Waals surface area contributed by atoms with Crippen molar-refractivity contribution in [3.63, 3.8) is 0 Å². The minimum atomic E-state index is -0.870. The molecule has 2 heterocycles. The second-order valence-electron chi connectivity index (χ2n) is 9.80. The normalized spacial score (nSPS) is 22.9. The van der Waals surface area contributed by atoms with Gasteiger partial charge in [0.1, 0.15) is 5.60 Å². The fourth-order valence-corrected chi connectivity index (χ4v) is 4.80. The SMILES string of the molecule is CC(c1ccc(-c2ccn(C)c(=O)c2)cc1)N1CC[C@](CC(C)(C)O)(C2CC2)OC1=O. The van der Waals surface area contributed by atoms with Crippen molar-refractivity contribution in [2.45, 2.75) is 63.7 Å². The molecule has 2 fully saturated rings. The van der Waals surface area contributed by atoms with E-state index in [1.165, 1.54) is 0 Å². The molecule has 1 unspecified atom stereocenters. The van der Waals surface area contributed by atoms with E-state index in [0.29, 0.717) is 18.9 Å². The van der Waals surface area contributed by atoms with Crippen LogP contribution in [0, 0.1) is 5.92 Å². The molecule has 4 rings (SSSR count). The number of aromatic nitrogens is 1. The first kappa shape index (κ1) is 21.6. The number of carbonyl (C=O) groups excluding carboxylic acids is 1. The van der Waals surface area contributed by atoms with Gasteiger partial charge < -0.3 is 19.3 Å². The van der Waals surface area contributed by atoms with Gasteiger partial charge in [0.25, 0.3) is 5.56 Å². The molecule has 1 amide bonds. The number of amides is 1. The van der Waals surface area contributed by atoms with Crippen molar-refractivity contribution in [3.05, 3.63) is 58.5 Å². The number of benzene rings is 1. The Morgan fingerprint density at radius 1 is 1.16 bits per heavy atom. The van der Waals surface area contributed by atoms with Crippen LogP contribution in [0.25, 0.3) is 11.1 Å². The predicted molar refractivity (Wildman–Crippen MR) is 120 cm³/mol. The van der Waals surface area contributed by atoms with Crippen molar-refractivity contribution in [1.82, 2.24) is 9.47 Å². The molecule has 1 aromatic heterocycles. The summed E-state index contributed by atoms with van der Waals surface area (Å²) in [5.74, 6) is 0.359. The van der Waals surface area contributed by atoms with Gasteiger partial charge >= 0.3 is 6.09 Å². The number of aliphatic hydroxyl groups is 1. The van der Waals surface area contributed by atoms with Gasteiger partial charge in [0.15, 0.2) is 0 Å². The lowest BCUT2D eigenvalue weighted by Gasteiger charge is -2.45. The van der Waals surface area contributed by atoms with Crippen LogP contribution in [0.2, 0.25) is 0 Å².